The smallest absolute Gasteiger partial charge is 0.254 e. The van der Waals surface area contributed by atoms with Gasteiger partial charge in [0, 0.05) is 24.0 Å². The Morgan fingerprint density at radius 2 is 2.06 bits per heavy atom. The molecule has 0 aliphatic carbocycles. The molecule has 3 heteroatoms. The van der Waals surface area contributed by atoms with E-state index in [0.29, 0.717) is 0 Å². The molecule has 0 saturated heterocycles. The van der Waals surface area contributed by atoms with E-state index >= 15 is 0 Å². The van der Waals surface area contributed by atoms with E-state index < -0.39 is 0 Å². The molecule has 0 heterocycles. The molecule has 0 aromatic heterocycles. The van der Waals surface area contributed by atoms with Crippen LogP contribution in [0.4, 0.5) is 0 Å². The highest BCUT2D eigenvalue weighted by atomic mass is 79.9. The fourth-order valence-electron chi connectivity index (χ4n) is 1.66. The number of rotatable bonds is 4. The van der Waals surface area contributed by atoms with E-state index in [-0.39, 0.29) is 5.91 Å². The van der Waals surface area contributed by atoms with Crippen molar-refractivity contribution in [3.8, 4) is 0 Å². The van der Waals surface area contributed by atoms with E-state index in [1.54, 1.807) is 0 Å². The number of benzene rings is 1. The fourth-order valence-corrected chi connectivity index (χ4v) is 2.09. The lowest BCUT2D eigenvalue weighted by Crippen LogP contribution is -2.33. The van der Waals surface area contributed by atoms with Gasteiger partial charge in [0.1, 0.15) is 0 Å². The molecule has 0 spiro atoms. The van der Waals surface area contributed by atoms with Gasteiger partial charge in [-0.05, 0) is 38.0 Å². The number of aryl methyl sites for hydroxylation is 1. The summed E-state index contributed by atoms with van der Waals surface area (Å²) in [5.74, 6) is 0.128. The van der Waals surface area contributed by atoms with Crippen molar-refractivity contribution in [3.05, 3.63) is 34.9 Å². The van der Waals surface area contributed by atoms with Crippen molar-refractivity contribution in [2.24, 2.45) is 0 Å². The Labute approximate surface area is 106 Å². The highest BCUT2D eigenvalue weighted by Gasteiger charge is 2.15. The second-order valence-electron chi connectivity index (χ2n) is 3.82. The lowest BCUT2D eigenvalue weighted by Gasteiger charge is -2.21. The minimum absolute atomic E-state index is 0.128. The van der Waals surface area contributed by atoms with Crippen molar-refractivity contribution in [1.29, 1.82) is 0 Å². The predicted octanol–water partition coefficient (Wildman–Crippen LogP) is 3.16. The molecular weight excluding hydrogens is 266 g/mol. The van der Waals surface area contributed by atoms with Gasteiger partial charge in [-0.25, -0.2) is 0 Å². The molecule has 0 N–H and O–H groups in total. The molecule has 16 heavy (non-hydrogen) atoms. The Bertz CT molecular complexity index is 376. The summed E-state index contributed by atoms with van der Waals surface area (Å²) in [7, 11) is 0. The van der Waals surface area contributed by atoms with Crippen LogP contribution in [0.25, 0.3) is 0 Å². The van der Waals surface area contributed by atoms with Crippen LogP contribution < -0.4 is 0 Å². The third kappa shape index (κ3) is 2.85. The second-order valence-corrected chi connectivity index (χ2v) is 4.61. The van der Waals surface area contributed by atoms with Crippen molar-refractivity contribution >= 4 is 21.8 Å². The van der Waals surface area contributed by atoms with Gasteiger partial charge in [0.05, 0.1) is 0 Å². The number of hydrogen-bond acceptors (Lipinski definition) is 1. The zero-order chi connectivity index (χ0) is 12.1. The second kappa shape index (κ2) is 6.04. The molecule has 0 aliphatic heterocycles. The first-order valence-electron chi connectivity index (χ1n) is 5.53. The van der Waals surface area contributed by atoms with Crippen LogP contribution in [0.3, 0.4) is 0 Å². The van der Waals surface area contributed by atoms with Crippen molar-refractivity contribution in [2.45, 2.75) is 20.8 Å². The molecule has 0 fully saturated rings. The highest BCUT2D eigenvalue weighted by Crippen LogP contribution is 2.15. The topological polar surface area (TPSA) is 20.3 Å². The zero-order valence-corrected chi connectivity index (χ0v) is 11.7. The quantitative estimate of drug-likeness (QED) is 0.778. The third-order valence-corrected chi connectivity index (χ3v) is 3.21. The summed E-state index contributed by atoms with van der Waals surface area (Å²) in [4.78, 5) is 14.1. The normalized spacial score (nSPS) is 10.2. The van der Waals surface area contributed by atoms with Crippen molar-refractivity contribution in [3.63, 3.8) is 0 Å². The molecule has 0 bridgehead atoms. The number of nitrogens with zero attached hydrogens (tertiary/aromatic N) is 1. The molecular formula is C13H18BrNO. The van der Waals surface area contributed by atoms with Crippen LogP contribution in [0.2, 0.25) is 0 Å². The van der Waals surface area contributed by atoms with Gasteiger partial charge in [-0.1, -0.05) is 28.1 Å². The zero-order valence-electron chi connectivity index (χ0n) is 10.1. The van der Waals surface area contributed by atoms with Gasteiger partial charge in [-0.15, -0.1) is 0 Å². The SMILES string of the molecule is CCN(CCBr)C(=O)c1cccc(C)c1C. The third-order valence-electron chi connectivity index (χ3n) is 2.86. The van der Waals surface area contributed by atoms with E-state index in [9.17, 15) is 4.79 Å². The maximum atomic E-state index is 12.2. The van der Waals surface area contributed by atoms with Crippen LogP contribution in [-0.4, -0.2) is 29.2 Å². The average molecular weight is 284 g/mol. The van der Waals surface area contributed by atoms with E-state index in [4.69, 9.17) is 0 Å². The Morgan fingerprint density at radius 1 is 1.38 bits per heavy atom. The summed E-state index contributed by atoms with van der Waals surface area (Å²) in [6.07, 6.45) is 0. The van der Waals surface area contributed by atoms with Crippen molar-refractivity contribution < 1.29 is 4.79 Å². The number of halogens is 1. The number of hydrogen-bond donors (Lipinski definition) is 0. The Kier molecular flexibility index (Phi) is 5.00. The fraction of sp³-hybridized carbons (Fsp3) is 0.462. The molecule has 0 unspecified atom stereocenters. The van der Waals surface area contributed by atoms with Gasteiger partial charge in [-0.2, -0.15) is 0 Å². The van der Waals surface area contributed by atoms with E-state index in [1.807, 2.05) is 43.9 Å². The Morgan fingerprint density at radius 3 is 2.62 bits per heavy atom. The van der Waals surface area contributed by atoms with Crippen LogP contribution in [0.5, 0.6) is 0 Å². The van der Waals surface area contributed by atoms with Crippen LogP contribution in [-0.2, 0) is 0 Å². The van der Waals surface area contributed by atoms with Crippen molar-refractivity contribution in [2.75, 3.05) is 18.4 Å². The van der Waals surface area contributed by atoms with Gasteiger partial charge in [0.25, 0.3) is 5.91 Å². The summed E-state index contributed by atoms with van der Waals surface area (Å²) in [5.41, 5.74) is 3.07. The number of carbonyl (C=O) groups is 1. The summed E-state index contributed by atoms with van der Waals surface area (Å²) in [6, 6.07) is 5.88. The van der Waals surface area contributed by atoms with Gasteiger partial charge in [0.2, 0.25) is 0 Å². The van der Waals surface area contributed by atoms with Gasteiger partial charge >= 0.3 is 0 Å². The molecule has 0 aliphatic rings. The summed E-state index contributed by atoms with van der Waals surface area (Å²) >= 11 is 3.37. The summed E-state index contributed by atoms with van der Waals surface area (Å²) in [6.45, 7) is 7.55. The summed E-state index contributed by atoms with van der Waals surface area (Å²) < 4.78 is 0. The monoisotopic (exact) mass is 283 g/mol. The number of carbonyl (C=O) groups excluding carboxylic acids is 1. The summed E-state index contributed by atoms with van der Waals surface area (Å²) in [5, 5.41) is 0.817. The van der Waals surface area contributed by atoms with E-state index in [2.05, 4.69) is 15.9 Å². The van der Waals surface area contributed by atoms with Crippen molar-refractivity contribution in [1.82, 2.24) is 4.90 Å². The largest absolute Gasteiger partial charge is 0.338 e. The molecule has 88 valence electrons. The van der Waals surface area contributed by atoms with Crippen LogP contribution in [0.1, 0.15) is 28.4 Å². The molecule has 1 rings (SSSR count). The lowest BCUT2D eigenvalue weighted by molar-refractivity contribution is 0.0774. The molecule has 0 saturated carbocycles. The number of amides is 1. The Balaban J connectivity index is 2.99. The molecule has 0 radical (unpaired) electrons. The maximum absolute atomic E-state index is 12.2. The lowest BCUT2D eigenvalue weighted by atomic mass is 10.0. The van der Waals surface area contributed by atoms with Gasteiger partial charge < -0.3 is 4.90 Å². The average Bonchev–Trinajstić information content (AvgIpc) is 2.29. The van der Waals surface area contributed by atoms with Gasteiger partial charge in [-0.3, -0.25) is 4.79 Å². The Hall–Kier alpha value is -0.830. The minimum atomic E-state index is 0.128. The van der Waals surface area contributed by atoms with Crippen LogP contribution >= 0.6 is 15.9 Å². The first-order chi connectivity index (χ1) is 7.61. The standard InChI is InChI=1S/C13H18BrNO/c1-4-15(9-8-14)13(16)12-7-5-6-10(2)11(12)3/h5-7H,4,8-9H2,1-3H3. The predicted molar refractivity (Wildman–Crippen MR) is 71.3 cm³/mol. The van der Waals surface area contributed by atoms with Crippen LogP contribution in [0.15, 0.2) is 18.2 Å². The highest BCUT2D eigenvalue weighted by molar-refractivity contribution is 9.09. The van der Waals surface area contributed by atoms with E-state index in [1.165, 1.54) is 5.56 Å². The van der Waals surface area contributed by atoms with Gasteiger partial charge in [0.15, 0.2) is 0 Å². The van der Waals surface area contributed by atoms with E-state index in [0.717, 1.165) is 29.5 Å². The molecule has 2 nitrogen and oxygen atoms in total. The first-order valence-corrected chi connectivity index (χ1v) is 6.65. The molecule has 1 amide bonds. The molecule has 0 atom stereocenters. The molecule has 1 aromatic rings. The minimum Gasteiger partial charge on any atom is -0.338 e. The maximum Gasteiger partial charge on any atom is 0.254 e. The molecule has 1 aromatic carbocycles. The van der Waals surface area contributed by atoms with Crippen LogP contribution in [0, 0.1) is 13.8 Å². The first kappa shape index (κ1) is 13.2. The number of alkyl halides is 1.